The fourth-order valence-electron chi connectivity index (χ4n) is 2.88. The zero-order chi connectivity index (χ0) is 18.8. The van der Waals surface area contributed by atoms with E-state index >= 15 is 0 Å². The summed E-state index contributed by atoms with van der Waals surface area (Å²) in [6, 6.07) is 10.8. The van der Waals surface area contributed by atoms with Gasteiger partial charge in [-0.05, 0) is 24.3 Å². The van der Waals surface area contributed by atoms with Gasteiger partial charge in [0.05, 0.1) is 17.3 Å². The second kappa shape index (κ2) is 7.28. The van der Waals surface area contributed by atoms with Crippen molar-refractivity contribution in [1.82, 2.24) is 4.57 Å². The minimum absolute atomic E-state index is 0.306. The van der Waals surface area contributed by atoms with E-state index in [1.807, 2.05) is 16.7 Å². The lowest BCUT2D eigenvalue weighted by atomic mass is 10.2. The molecule has 4 rings (SSSR count). The Morgan fingerprint density at radius 3 is 2.63 bits per heavy atom. The lowest BCUT2D eigenvalue weighted by molar-refractivity contribution is 0.0998. The van der Waals surface area contributed by atoms with E-state index in [-0.39, 0.29) is 5.91 Å². The molecule has 1 aliphatic rings. The van der Waals surface area contributed by atoms with Crippen molar-refractivity contribution in [2.24, 2.45) is 4.99 Å². The molecule has 27 heavy (non-hydrogen) atoms. The summed E-state index contributed by atoms with van der Waals surface area (Å²) in [6.45, 7) is 5.41. The van der Waals surface area contributed by atoms with E-state index < -0.39 is 0 Å². The van der Waals surface area contributed by atoms with Gasteiger partial charge in [0.2, 0.25) is 0 Å². The topological polar surface area (TPSA) is 62.1 Å². The maximum Gasteiger partial charge on any atom is 0.279 e. The van der Waals surface area contributed by atoms with E-state index in [1.54, 1.807) is 37.5 Å². The molecule has 0 atom stereocenters. The molecule has 0 radical (unpaired) electrons. The van der Waals surface area contributed by atoms with E-state index in [0.29, 0.717) is 47.4 Å². The molecule has 2 heterocycles. The molecule has 0 aliphatic carbocycles. The van der Waals surface area contributed by atoms with Crippen LogP contribution in [-0.2, 0) is 6.54 Å². The molecular weight excluding hydrogens is 364 g/mol. The van der Waals surface area contributed by atoms with Gasteiger partial charge in [0.25, 0.3) is 5.91 Å². The zero-order valence-electron chi connectivity index (χ0n) is 14.8. The number of carbonyl (C=O) groups is 1. The number of benzene rings is 2. The second-order valence-electron chi connectivity index (χ2n) is 5.89. The molecule has 0 saturated heterocycles. The SMILES string of the molecule is C=CCn1c(=NC(=O)c2ccc(OC)cc2)sc2cc3c(cc21)OCCO3. The molecule has 0 spiro atoms. The number of ether oxygens (including phenoxy) is 3. The number of thiazole rings is 1. The predicted molar refractivity (Wildman–Crippen MR) is 104 cm³/mol. The molecular formula is C20H18N2O4S. The standard InChI is InChI=1S/C20H18N2O4S/c1-3-8-22-15-11-16-17(26-10-9-25-16)12-18(15)27-20(22)21-19(23)13-4-6-14(24-2)7-5-13/h3-7,11-12H,1,8-10H2,2H3. The average Bonchev–Trinajstić information content (AvgIpc) is 3.02. The smallest absolute Gasteiger partial charge is 0.279 e. The van der Waals surface area contributed by atoms with E-state index in [9.17, 15) is 4.79 Å². The van der Waals surface area contributed by atoms with Gasteiger partial charge in [0.15, 0.2) is 16.3 Å². The Bertz CT molecular complexity index is 1080. The third-order valence-corrected chi connectivity index (χ3v) is 5.23. The van der Waals surface area contributed by atoms with E-state index in [1.165, 1.54) is 11.3 Å². The zero-order valence-corrected chi connectivity index (χ0v) is 15.6. The highest BCUT2D eigenvalue weighted by Crippen LogP contribution is 2.35. The maximum atomic E-state index is 12.6. The van der Waals surface area contributed by atoms with Crippen LogP contribution < -0.4 is 19.0 Å². The van der Waals surface area contributed by atoms with Gasteiger partial charge in [-0.2, -0.15) is 4.99 Å². The van der Waals surface area contributed by atoms with Gasteiger partial charge in [-0.1, -0.05) is 17.4 Å². The Morgan fingerprint density at radius 2 is 1.96 bits per heavy atom. The van der Waals surface area contributed by atoms with E-state index in [4.69, 9.17) is 14.2 Å². The Morgan fingerprint density at radius 1 is 1.26 bits per heavy atom. The van der Waals surface area contributed by atoms with Crippen LogP contribution in [0.15, 0.2) is 54.0 Å². The van der Waals surface area contributed by atoms with Gasteiger partial charge >= 0.3 is 0 Å². The third-order valence-electron chi connectivity index (χ3n) is 4.19. The number of carbonyl (C=O) groups excluding carboxylic acids is 1. The minimum atomic E-state index is -0.306. The predicted octanol–water partition coefficient (Wildman–Crippen LogP) is 3.41. The molecule has 7 heteroatoms. The van der Waals surface area contributed by atoms with Crippen LogP contribution in [0.25, 0.3) is 10.2 Å². The van der Waals surface area contributed by atoms with Crippen LogP contribution in [-0.4, -0.2) is 30.8 Å². The second-order valence-corrected chi connectivity index (χ2v) is 6.90. The molecule has 138 valence electrons. The molecule has 0 unspecified atom stereocenters. The van der Waals surface area contributed by atoms with E-state index in [2.05, 4.69) is 11.6 Å². The fourth-order valence-corrected chi connectivity index (χ4v) is 3.93. The normalized spacial score (nSPS) is 13.6. The summed E-state index contributed by atoms with van der Waals surface area (Å²) in [5.41, 5.74) is 1.44. The quantitative estimate of drug-likeness (QED) is 0.649. The molecule has 6 nitrogen and oxygen atoms in total. The van der Waals surface area contributed by atoms with Crippen LogP contribution in [0.4, 0.5) is 0 Å². The Kier molecular flexibility index (Phi) is 4.68. The van der Waals surface area contributed by atoms with Crippen molar-refractivity contribution in [3.63, 3.8) is 0 Å². The number of amides is 1. The number of hydrogen-bond acceptors (Lipinski definition) is 5. The third kappa shape index (κ3) is 3.33. The number of rotatable bonds is 4. The first kappa shape index (κ1) is 17.4. The summed E-state index contributed by atoms with van der Waals surface area (Å²) >= 11 is 1.43. The van der Waals surface area contributed by atoms with Crippen molar-refractivity contribution in [2.45, 2.75) is 6.54 Å². The van der Waals surface area contributed by atoms with Crippen LogP contribution in [0, 0.1) is 0 Å². The number of methoxy groups -OCH3 is 1. The molecule has 0 N–H and O–H groups in total. The Labute approximate surface area is 159 Å². The van der Waals surface area contributed by atoms with Gasteiger partial charge in [0, 0.05) is 24.2 Å². The van der Waals surface area contributed by atoms with Crippen LogP contribution in [0.1, 0.15) is 10.4 Å². The van der Waals surface area contributed by atoms with Crippen molar-refractivity contribution in [1.29, 1.82) is 0 Å². The first-order chi connectivity index (χ1) is 13.2. The van der Waals surface area contributed by atoms with Crippen LogP contribution >= 0.6 is 11.3 Å². The highest BCUT2D eigenvalue weighted by Gasteiger charge is 2.16. The average molecular weight is 382 g/mol. The fraction of sp³-hybridized carbons (Fsp3) is 0.200. The van der Waals surface area contributed by atoms with Crippen LogP contribution in [0.3, 0.4) is 0 Å². The van der Waals surface area contributed by atoms with Gasteiger partial charge in [-0.15, -0.1) is 6.58 Å². The van der Waals surface area contributed by atoms with Gasteiger partial charge in [0.1, 0.15) is 19.0 Å². The van der Waals surface area contributed by atoms with Crippen molar-refractivity contribution < 1.29 is 19.0 Å². The molecule has 1 aromatic heterocycles. The summed E-state index contributed by atoms with van der Waals surface area (Å²) in [5.74, 6) is 1.81. The lowest BCUT2D eigenvalue weighted by Crippen LogP contribution is -2.17. The van der Waals surface area contributed by atoms with Gasteiger partial charge in [-0.3, -0.25) is 4.79 Å². The van der Waals surface area contributed by atoms with Crippen molar-refractivity contribution in [3.8, 4) is 17.2 Å². The lowest BCUT2D eigenvalue weighted by Gasteiger charge is -2.18. The summed E-state index contributed by atoms with van der Waals surface area (Å²) in [5, 5.41) is 0. The molecule has 0 saturated carbocycles. The molecule has 0 bridgehead atoms. The number of allylic oxidation sites excluding steroid dienone is 1. The molecule has 2 aromatic carbocycles. The number of fused-ring (bicyclic) bond motifs is 2. The van der Waals surface area contributed by atoms with E-state index in [0.717, 1.165) is 10.2 Å². The molecule has 1 aliphatic heterocycles. The van der Waals surface area contributed by atoms with Crippen LogP contribution in [0.5, 0.6) is 17.2 Å². The minimum Gasteiger partial charge on any atom is -0.497 e. The Balaban J connectivity index is 1.81. The maximum absolute atomic E-state index is 12.6. The molecule has 1 amide bonds. The largest absolute Gasteiger partial charge is 0.497 e. The number of aromatic nitrogens is 1. The highest BCUT2D eigenvalue weighted by atomic mass is 32.1. The Hall–Kier alpha value is -3.06. The monoisotopic (exact) mass is 382 g/mol. The summed E-state index contributed by atoms with van der Waals surface area (Å²) in [4.78, 5) is 17.6. The van der Waals surface area contributed by atoms with Crippen LogP contribution in [0.2, 0.25) is 0 Å². The molecule has 0 fully saturated rings. The molecule has 3 aromatic rings. The summed E-state index contributed by atoms with van der Waals surface area (Å²) < 4.78 is 19.4. The highest BCUT2D eigenvalue weighted by molar-refractivity contribution is 7.16. The van der Waals surface area contributed by atoms with Gasteiger partial charge < -0.3 is 18.8 Å². The summed E-state index contributed by atoms with van der Waals surface area (Å²) in [6.07, 6.45) is 1.78. The summed E-state index contributed by atoms with van der Waals surface area (Å²) in [7, 11) is 1.59. The first-order valence-corrected chi connectivity index (χ1v) is 9.28. The van der Waals surface area contributed by atoms with Crippen molar-refractivity contribution in [2.75, 3.05) is 20.3 Å². The number of hydrogen-bond donors (Lipinski definition) is 0. The van der Waals surface area contributed by atoms with Crippen molar-refractivity contribution >= 4 is 27.5 Å². The van der Waals surface area contributed by atoms with Gasteiger partial charge in [-0.25, -0.2) is 0 Å². The number of nitrogens with zero attached hydrogens (tertiary/aromatic N) is 2. The van der Waals surface area contributed by atoms with Crippen molar-refractivity contribution in [3.05, 3.63) is 59.4 Å². The first-order valence-electron chi connectivity index (χ1n) is 8.46.